The van der Waals surface area contributed by atoms with Crippen LogP contribution in [0.5, 0.6) is 0 Å². The fourth-order valence-electron chi connectivity index (χ4n) is 2.68. The molecule has 4 heteroatoms. The molecular weight excluding hydrogens is 270 g/mol. The molecule has 1 aliphatic carbocycles. The Labute approximate surface area is 118 Å². The average molecular weight is 279 g/mol. The van der Waals surface area contributed by atoms with Crippen molar-refractivity contribution in [1.29, 1.82) is 0 Å². The molecule has 20 heavy (non-hydrogen) atoms. The Bertz CT molecular complexity index is 908. The van der Waals surface area contributed by atoms with Gasteiger partial charge in [0.25, 0.3) is 0 Å². The van der Waals surface area contributed by atoms with Crippen LogP contribution in [0.1, 0.15) is 36.9 Å². The van der Waals surface area contributed by atoms with E-state index in [2.05, 4.69) is 4.98 Å². The molecule has 0 saturated carbocycles. The average Bonchev–Trinajstić information content (AvgIpc) is 2.84. The standard InChI is InChI=1S/C16H9NO2S/c1-8-17-14-12(20-8)7-6-11-13(14)16(19)10-5-3-2-4-9(10)15(11)18/h2-7H,1H3. The number of carbonyl (C=O) groups is 2. The van der Waals surface area contributed by atoms with Crippen LogP contribution in [0.4, 0.5) is 0 Å². The number of hydrogen-bond donors (Lipinski definition) is 0. The first kappa shape index (κ1) is 11.5. The third kappa shape index (κ3) is 1.37. The summed E-state index contributed by atoms with van der Waals surface area (Å²) in [6.45, 7) is 1.90. The molecule has 3 aromatic rings. The van der Waals surface area contributed by atoms with E-state index < -0.39 is 0 Å². The molecule has 0 aliphatic heterocycles. The van der Waals surface area contributed by atoms with Gasteiger partial charge in [0.2, 0.25) is 0 Å². The molecule has 0 atom stereocenters. The van der Waals surface area contributed by atoms with Crippen molar-refractivity contribution in [2.24, 2.45) is 0 Å². The van der Waals surface area contributed by atoms with Gasteiger partial charge in [-0.1, -0.05) is 24.3 Å². The van der Waals surface area contributed by atoms with Crippen molar-refractivity contribution in [2.75, 3.05) is 0 Å². The molecule has 0 amide bonds. The van der Waals surface area contributed by atoms with Crippen LogP contribution in [-0.2, 0) is 0 Å². The molecule has 0 fully saturated rings. The highest BCUT2D eigenvalue weighted by atomic mass is 32.1. The van der Waals surface area contributed by atoms with Crippen LogP contribution in [0.15, 0.2) is 36.4 Å². The molecule has 0 saturated heterocycles. The number of rotatable bonds is 0. The van der Waals surface area contributed by atoms with E-state index in [0.717, 1.165) is 9.71 Å². The second kappa shape index (κ2) is 3.84. The maximum Gasteiger partial charge on any atom is 0.196 e. The number of fused-ring (bicyclic) bond motifs is 4. The van der Waals surface area contributed by atoms with Crippen molar-refractivity contribution < 1.29 is 9.59 Å². The van der Waals surface area contributed by atoms with Crippen molar-refractivity contribution >= 4 is 33.1 Å². The maximum atomic E-state index is 12.7. The SMILES string of the molecule is Cc1nc2c3c(ccc2s1)C(=O)c1ccccc1C3=O. The Hall–Kier alpha value is -2.33. The van der Waals surface area contributed by atoms with Gasteiger partial charge in [-0.3, -0.25) is 9.59 Å². The molecular formula is C16H9NO2S. The molecule has 1 heterocycles. The summed E-state index contributed by atoms with van der Waals surface area (Å²) in [7, 11) is 0. The molecule has 0 N–H and O–H groups in total. The molecule has 96 valence electrons. The zero-order chi connectivity index (χ0) is 13.9. The van der Waals surface area contributed by atoms with E-state index >= 15 is 0 Å². The first-order chi connectivity index (χ1) is 9.66. The first-order valence-electron chi connectivity index (χ1n) is 6.25. The third-order valence-corrected chi connectivity index (χ3v) is 4.49. The van der Waals surface area contributed by atoms with E-state index in [0.29, 0.717) is 27.8 Å². The van der Waals surface area contributed by atoms with Gasteiger partial charge in [0.05, 0.1) is 20.8 Å². The van der Waals surface area contributed by atoms with E-state index in [9.17, 15) is 9.59 Å². The molecule has 1 aromatic heterocycles. The molecule has 1 aliphatic rings. The lowest BCUT2D eigenvalue weighted by atomic mass is 9.83. The summed E-state index contributed by atoms with van der Waals surface area (Å²) in [6, 6.07) is 10.6. The van der Waals surface area contributed by atoms with Gasteiger partial charge in [0.15, 0.2) is 11.6 Å². The van der Waals surface area contributed by atoms with Crippen molar-refractivity contribution in [3.63, 3.8) is 0 Å². The summed E-state index contributed by atoms with van der Waals surface area (Å²) in [5.74, 6) is -0.200. The lowest BCUT2D eigenvalue weighted by Crippen LogP contribution is -2.21. The molecule has 0 bridgehead atoms. The molecule has 4 rings (SSSR count). The number of aryl methyl sites for hydroxylation is 1. The van der Waals surface area contributed by atoms with Gasteiger partial charge in [-0.15, -0.1) is 11.3 Å². The molecule has 0 unspecified atom stereocenters. The van der Waals surface area contributed by atoms with Crippen LogP contribution in [-0.4, -0.2) is 16.6 Å². The second-order valence-corrected chi connectivity index (χ2v) is 6.01. The Balaban J connectivity index is 2.13. The van der Waals surface area contributed by atoms with Crippen LogP contribution in [0.25, 0.3) is 10.2 Å². The monoisotopic (exact) mass is 279 g/mol. The fourth-order valence-corrected chi connectivity index (χ4v) is 3.52. The Morgan fingerprint density at radius 3 is 2.35 bits per heavy atom. The number of hydrogen-bond acceptors (Lipinski definition) is 4. The molecule has 0 spiro atoms. The number of aromatic nitrogens is 1. The van der Waals surface area contributed by atoms with Crippen LogP contribution >= 0.6 is 11.3 Å². The number of carbonyl (C=O) groups excluding carboxylic acids is 2. The maximum absolute atomic E-state index is 12.7. The topological polar surface area (TPSA) is 47.0 Å². The Morgan fingerprint density at radius 2 is 1.60 bits per heavy atom. The van der Waals surface area contributed by atoms with E-state index in [1.165, 1.54) is 11.3 Å². The minimum Gasteiger partial charge on any atom is -0.289 e. The fraction of sp³-hybridized carbons (Fsp3) is 0.0625. The van der Waals surface area contributed by atoms with Crippen molar-refractivity contribution in [3.8, 4) is 0 Å². The number of thiazole rings is 1. The minimum atomic E-state index is -0.105. The van der Waals surface area contributed by atoms with Crippen molar-refractivity contribution in [1.82, 2.24) is 4.98 Å². The van der Waals surface area contributed by atoms with E-state index in [1.807, 2.05) is 13.0 Å². The van der Waals surface area contributed by atoms with Crippen LogP contribution in [0.2, 0.25) is 0 Å². The van der Waals surface area contributed by atoms with Gasteiger partial charge >= 0.3 is 0 Å². The number of benzene rings is 2. The van der Waals surface area contributed by atoms with E-state index in [4.69, 9.17) is 0 Å². The highest BCUT2D eigenvalue weighted by molar-refractivity contribution is 7.18. The second-order valence-electron chi connectivity index (χ2n) is 4.77. The quantitative estimate of drug-likeness (QED) is 0.496. The van der Waals surface area contributed by atoms with E-state index in [-0.39, 0.29) is 11.6 Å². The third-order valence-electron chi connectivity index (χ3n) is 3.56. The van der Waals surface area contributed by atoms with Gasteiger partial charge in [-0.25, -0.2) is 4.98 Å². The van der Waals surface area contributed by atoms with Gasteiger partial charge in [-0.05, 0) is 19.1 Å². The van der Waals surface area contributed by atoms with Gasteiger partial charge in [-0.2, -0.15) is 0 Å². The summed E-state index contributed by atoms with van der Waals surface area (Å²) in [6.07, 6.45) is 0. The normalized spacial score (nSPS) is 13.4. The minimum absolute atomic E-state index is 0.0947. The van der Waals surface area contributed by atoms with Gasteiger partial charge < -0.3 is 0 Å². The summed E-state index contributed by atoms with van der Waals surface area (Å²) in [5, 5.41) is 0.896. The first-order valence-corrected chi connectivity index (χ1v) is 7.07. The van der Waals surface area contributed by atoms with Gasteiger partial charge in [0.1, 0.15) is 0 Å². The molecule has 2 aromatic carbocycles. The largest absolute Gasteiger partial charge is 0.289 e. The van der Waals surface area contributed by atoms with Crippen molar-refractivity contribution in [3.05, 3.63) is 63.7 Å². The molecule has 3 nitrogen and oxygen atoms in total. The zero-order valence-corrected chi connectivity index (χ0v) is 11.5. The van der Waals surface area contributed by atoms with Crippen LogP contribution < -0.4 is 0 Å². The number of ketones is 2. The summed E-state index contributed by atoms with van der Waals surface area (Å²) >= 11 is 1.53. The van der Waals surface area contributed by atoms with Crippen molar-refractivity contribution in [2.45, 2.75) is 6.92 Å². The smallest absolute Gasteiger partial charge is 0.196 e. The Kier molecular flexibility index (Phi) is 2.20. The number of nitrogens with zero attached hydrogens (tertiary/aromatic N) is 1. The summed E-state index contributed by atoms with van der Waals surface area (Å²) in [5.41, 5.74) is 2.53. The molecule has 0 radical (unpaired) electrons. The van der Waals surface area contributed by atoms with Crippen LogP contribution in [0.3, 0.4) is 0 Å². The summed E-state index contributed by atoms with van der Waals surface area (Å²) in [4.78, 5) is 29.6. The zero-order valence-electron chi connectivity index (χ0n) is 10.6. The van der Waals surface area contributed by atoms with E-state index in [1.54, 1.807) is 30.3 Å². The predicted octanol–water partition coefficient (Wildman–Crippen LogP) is 3.38. The highest BCUT2D eigenvalue weighted by Gasteiger charge is 2.31. The lowest BCUT2D eigenvalue weighted by Gasteiger charge is -2.17. The highest BCUT2D eigenvalue weighted by Crippen LogP contribution is 2.34. The Morgan fingerprint density at radius 1 is 0.900 bits per heavy atom. The van der Waals surface area contributed by atoms with Crippen LogP contribution in [0, 0.1) is 6.92 Å². The summed E-state index contributed by atoms with van der Waals surface area (Å²) < 4.78 is 0.946. The van der Waals surface area contributed by atoms with Gasteiger partial charge in [0, 0.05) is 16.7 Å². The lowest BCUT2D eigenvalue weighted by molar-refractivity contribution is 0.0980. The predicted molar refractivity (Wildman–Crippen MR) is 77.7 cm³/mol.